The van der Waals surface area contributed by atoms with Crippen LogP contribution >= 0.6 is 0 Å². The number of nitrogens with zero attached hydrogens (tertiary/aromatic N) is 4. The van der Waals surface area contributed by atoms with E-state index in [1.165, 1.54) is 0 Å². The van der Waals surface area contributed by atoms with Crippen LogP contribution in [0.5, 0.6) is 0 Å². The lowest BCUT2D eigenvalue weighted by Gasteiger charge is -2.29. The van der Waals surface area contributed by atoms with Gasteiger partial charge in [0.05, 0.1) is 18.1 Å². The lowest BCUT2D eigenvalue weighted by Crippen LogP contribution is -2.52. The van der Waals surface area contributed by atoms with E-state index in [9.17, 15) is 14.4 Å². The number of carbonyl (C=O) groups excluding carboxylic acids is 3. The molecule has 9 nitrogen and oxygen atoms in total. The zero-order valence-electron chi connectivity index (χ0n) is 15.7. The molecule has 1 atom stereocenters. The Morgan fingerprint density at radius 3 is 2.72 bits per heavy atom. The lowest BCUT2D eigenvalue weighted by atomic mass is 9.99. The molecular weight excluding hydrogens is 372 g/mol. The van der Waals surface area contributed by atoms with E-state index in [-0.39, 0.29) is 18.2 Å². The predicted octanol–water partition coefficient (Wildman–Crippen LogP) is 1.24. The molecule has 146 valence electrons. The van der Waals surface area contributed by atoms with Crippen molar-refractivity contribution in [1.82, 2.24) is 30.2 Å². The van der Waals surface area contributed by atoms with E-state index >= 15 is 0 Å². The fourth-order valence-corrected chi connectivity index (χ4v) is 4.11. The van der Waals surface area contributed by atoms with Crippen molar-refractivity contribution in [3.8, 4) is 22.4 Å². The zero-order valence-corrected chi connectivity index (χ0v) is 15.7. The van der Waals surface area contributed by atoms with Crippen molar-refractivity contribution in [2.24, 2.45) is 7.05 Å². The second-order valence-electron chi connectivity index (χ2n) is 7.29. The van der Waals surface area contributed by atoms with E-state index in [4.69, 9.17) is 0 Å². The van der Waals surface area contributed by atoms with Crippen LogP contribution in [0.4, 0.5) is 0 Å². The summed E-state index contributed by atoms with van der Waals surface area (Å²) in [6, 6.07) is 5.05. The third-order valence-electron chi connectivity index (χ3n) is 5.54. The minimum Gasteiger partial charge on any atom is -0.322 e. The molecule has 0 unspecified atom stereocenters. The van der Waals surface area contributed by atoms with Crippen molar-refractivity contribution in [3.63, 3.8) is 0 Å². The monoisotopic (exact) mass is 390 g/mol. The molecule has 1 aromatic carbocycles. The predicted molar refractivity (Wildman–Crippen MR) is 102 cm³/mol. The number of imide groups is 1. The van der Waals surface area contributed by atoms with Gasteiger partial charge in [0, 0.05) is 42.9 Å². The molecule has 0 spiro atoms. The molecule has 0 aliphatic carbocycles. The molecule has 0 bridgehead atoms. The Labute approximate surface area is 165 Å². The van der Waals surface area contributed by atoms with Gasteiger partial charge in [0.25, 0.3) is 5.91 Å². The number of aromatic amines is 1. The molecule has 9 heteroatoms. The van der Waals surface area contributed by atoms with Gasteiger partial charge in [-0.25, -0.2) is 0 Å². The van der Waals surface area contributed by atoms with E-state index in [0.29, 0.717) is 18.5 Å². The van der Waals surface area contributed by atoms with Crippen molar-refractivity contribution in [2.45, 2.75) is 25.4 Å². The number of aryl methyl sites for hydroxylation is 1. The summed E-state index contributed by atoms with van der Waals surface area (Å²) in [5, 5.41) is 13.5. The first-order chi connectivity index (χ1) is 14.0. The van der Waals surface area contributed by atoms with Gasteiger partial charge in [0.1, 0.15) is 6.04 Å². The molecule has 4 heterocycles. The molecule has 2 N–H and O–H groups in total. The topological polar surface area (TPSA) is 113 Å². The first-order valence-electron chi connectivity index (χ1n) is 9.32. The number of H-pyrrole nitrogens is 1. The Balaban J connectivity index is 1.49. The third kappa shape index (κ3) is 2.74. The highest BCUT2D eigenvalue weighted by Gasteiger charge is 2.39. The number of nitrogens with one attached hydrogen (secondary N) is 2. The SMILES string of the molecule is Cn1ncc(-c2ccc3c(c2)CN([C@H]2CCC(=O)NC2=O)C3=O)c1-c1cn[nH]c1. The molecule has 5 rings (SSSR count). The summed E-state index contributed by atoms with van der Waals surface area (Å²) in [6.07, 6.45) is 5.93. The van der Waals surface area contributed by atoms with Gasteiger partial charge in [-0.05, 0) is 29.7 Å². The zero-order chi connectivity index (χ0) is 20.1. The summed E-state index contributed by atoms with van der Waals surface area (Å²) in [5.41, 5.74) is 5.16. The Bertz CT molecular complexity index is 1150. The number of piperidine rings is 1. The standard InChI is InChI=1S/C20H18N6O3/c1-25-18(13-7-21-22-8-13)15(9-23-25)11-2-3-14-12(6-11)10-26(20(14)29)16-4-5-17(27)24-19(16)28/h2-3,6-9,16H,4-5,10H2,1H3,(H,21,22)(H,24,27,28)/t16-/m0/s1. The number of rotatable bonds is 3. The highest BCUT2D eigenvalue weighted by atomic mass is 16.2. The molecule has 0 radical (unpaired) electrons. The van der Waals surface area contributed by atoms with Gasteiger partial charge >= 0.3 is 0 Å². The summed E-state index contributed by atoms with van der Waals surface area (Å²) in [5.74, 6) is -0.875. The first-order valence-corrected chi connectivity index (χ1v) is 9.32. The van der Waals surface area contributed by atoms with Crippen LogP contribution in [0.15, 0.2) is 36.8 Å². The van der Waals surface area contributed by atoms with Gasteiger partial charge in [0.15, 0.2) is 0 Å². The molecule has 1 saturated heterocycles. The number of amides is 3. The molecule has 2 aliphatic rings. The molecular formula is C20H18N6O3. The van der Waals surface area contributed by atoms with Crippen LogP contribution in [0.25, 0.3) is 22.4 Å². The van der Waals surface area contributed by atoms with Gasteiger partial charge < -0.3 is 4.90 Å². The summed E-state index contributed by atoms with van der Waals surface area (Å²) < 4.78 is 1.79. The summed E-state index contributed by atoms with van der Waals surface area (Å²) in [7, 11) is 1.87. The van der Waals surface area contributed by atoms with Crippen molar-refractivity contribution < 1.29 is 14.4 Å². The Hall–Kier alpha value is -3.75. The second-order valence-corrected chi connectivity index (χ2v) is 7.29. The largest absolute Gasteiger partial charge is 0.322 e. The second kappa shape index (κ2) is 6.40. The molecule has 2 aliphatic heterocycles. The van der Waals surface area contributed by atoms with Crippen LogP contribution in [-0.2, 0) is 23.2 Å². The van der Waals surface area contributed by atoms with Gasteiger partial charge in [0.2, 0.25) is 11.8 Å². The van der Waals surface area contributed by atoms with Crippen LogP contribution in [0.3, 0.4) is 0 Å². The van der Waals surface area contributed by atoms with Gasteiger partial charge in [-0.2, -0.15) is 10.2 Å². The maximum Gasteiger partial charge on any atom is 0.255 e. The van der Waals surface area contributed by atoms with Crippen molar-refractivity contribution in [3.05, 3.63) is 47.9 Å². The van der Waals surface area contributed by atoms with Crippen LogP contribution in [0.1, 0.15) is 28.8 Å². The van der Waals surface area contributed by atoms with Gasteiger partial charge in [-0.15, -0.1) is 0 Å². The number of aromatic nitrogens is 4. The maximum absolute atomic E-state index is 12.9. The average Bonchev–Trinajstić information content (AvgIpc) is 3.41. The number of fused-ring (bicyclic) bond motifs is 1. The van der Waals surface area contributed by atoms with Crippen molar-refractivity contribution >= 4 is 17.7 Å². The lowest BCUT2D eigenvalue weighted by molar-refractivity contribution is -0.136. The number of hydrogen-bond acceptors (Lipinski definition) is 5. The molecule has 2 aromatic heterocycles. The fourth-order valence-electron chi connectivity index (χ4n) is 4.11. The first kappa shape index (κ1) is 17.4. The number of hydrogen-bond donors (Lipinski definition) is 2. The molecule has 0 saturated carbocycles. The summed E-state index contributed by atoms with van der Waals surface area (Å²) in [4.78, 5) is 38.0. The van der Waals surface area contributed by atoms with Gasteiger partial charge in [-0.1, -0.05) is 6.07 Å². The van der Waals surface area contributed by atoms with E-state index in [1.807, 2.05) is 25.4 Å². The fraction of sp³-hybridized carbons (Fsp3) is 0.250. The van der Waals surface area contributed by atoms with Gasteiger partial charge in [-0.3, -0.25) is 29.5 Å². The third-order valence-corrected chi connectivity index (χ3v) is 5.54. The molecule has 1 fully saturated rings. The highest BCUT2D eigenvalue weighted by molar-refractivity contribution is 6.05. The normalized spacial score (nSPS) is 18.9. The maximum atomic E-state index is 12.9. The minimum atomic E-state index is -0.615. The van der Waals surface area contributed by atoms with Crippen LogP contribution < -0.4 is 5.32 Å². The van der Waals surface area contributed by atoms with E-state index in [0.717, 1.165) is 27.9 Å². The summed E-state index contributed by atoms with van der Waals surface area (Å²) in [6.45, 7) is 0.343. The highest BCUT2D eigenvalue weighted by Crippen LogP contribution is 2.35. The van der Waals surface area contributed by atoms with Crippen LogP contribution in [-0.4, -0.2) is 48.6 Å². The van der Waals surface area contributed by atoms with Crippen molar-refractivity contribution in [2.75, 3.05) is 0 Å². The van der Waals surface area contributed by atoms with Crippen molar-refractivity contribution in [1.29, 1.82) is 0 Å². The van der Waals surface area contributed by atoms with E-state index in [2.05, 4.69) is 20.6 Å². The smallest absolute Gasteiger partial charge is 0.255 e. The average molecular weight is 390 g/mol. The quantitative estimate of drug-likeness (QED) is 0.654. The van der Waals surface area contributed by atoms with Crippen LogP contribution in [0, 0.1) is 0 Å². The molecule has 29 heavy (non-hydrogen) atoms. The van der Waals surface area contributed by atoms with E-state index < -0.39 is 11.9 Å². The number of carbonyl (C=O) groups is 3. The molecule has 3 amide bonds. The number of benzene rings is 1. The Kier molecular flexibility index (Phi) is 3.83. The van der Waals surface area contributed by atoms with E-state index in [1.54, 1.807) is 28.0 Å². The minimum absolute atomic E-state index is 0.178. The Morgan fingerprint density at radius 1 is 1.10 bits per heavy atom. The Morgan fingerprint density at radius 2 is 1.97 bits per heavy atom. The summed E-state index contributed by atoms with van der Waals surface area (Å²) >= 11 is 0. The molecule has 3 aromatic rings. The van der Waals surface area contributed by atoms with Crippen LogP contribution in [0.2, 0.25) is 0 Å².